The van der Waals surface area contributed by atoms with Crippen LogP contribution in [0.4, 0.5) is 26.3 Å². The SMILES string of the molecule is NCCNC(O)(/C=C(\O)C(F)(F)F)C(F)(F)F. The van der Waals surface area contributed by atoms with Crippen molar-refractivity contribution >= 4 is 0 Å². The molecule has 1 unspecified atom stereocenters. The normalized spacial score (nSPS) is 18.0. The topological polar surface area (TPSA) is 78.5 Å². The van der Waals surface area contributed by atoms with Gasteiger partial charge in [-0.1, -0.05) is 0 Å². The van der Waals surface area contributed by atoms with Crippen LogP contribution in [-0.4, -0.2) is 41.4 Å². The summed E-state index contributed by atoms with van der Waals surface area (Å²) in [5.41, 5.74) is 0.855. The van der Waals surface area contributed by atoms with Gasteiger partial charge in [0.05, 0.1) is 0 Å². The summed E-state index contributed by atoms with van der Waals surface area (Å²) in [5.74, 6) is -2.55. The fourth-order valence-corrected chi connectivity index (χ4v) is 0.776. The summed E-state index contributed by atoms with van der Waals surface area (Å²) < 4.78 is 72.4. The number of allylic oxidation sites excluding steroid dienone is 1. The van der Waals surface area contributed by atoms with Crippen molar-refractivity contribution in [2.24, 2.45) is 5.73 Å². The van der Waals surface area contributed by atoms with Gasteiger partial charge in [0.2, 0.25) is 5.72 Å². The van der Waals surface area contributed by atoms with E-state index in [1.807, 2.05) is 0 Å². The molecule has 17 heavy (non-hydrogen) atoms. The molecule has 4 nitrogen and oxygen atoms in total. The molecule has 0 aliphatic heterocycles. The smallest absolute Gasteiger partial charge is 0.448 e. The number of hydrogen-bond acceptors (Lipinski definition) is 4. The number of halogens is 6. The van der Waals surface area contributed by atoms with Crippen LogP contribution in [0.1, 0.15) is 0 Å². The molecule has 10 heteroatoms. The van der Waals surface area contributed by atoms with Crippen LogP contribution in [0.2, 0.25) is 0 Å². The van der Waals surface area contributed by atoms with E-state index in [1.165, 1.54) is 5.32 Å². The minimum Gasteiger partial charge on any atom is -0.504 e. The fraction of sp³-hybridized carbons (Fsp3) is 0.714. The Kier molecular flexibility index (Phi) is 4.80. The first-order valence-electron chi connectivity index (χ1n) is 4.17. The van der Waals surface area contributed by atoms with Crippen molar-refractivity contribution < 1.29 is 36.6 Å². The third-order valence-electron chi connectivity index (χ3n) is 1.61. The van der Waals surface area contributed by atoms with Gasteiger partial charge in [0, 0.05) is 19.2 Å². The molecule has 0 saturated heterocycles. The summed E-state index contributed by atoms with van der Waals surface area (Å²) in [6.07, 6.45) is -11.6. The molecule has 0 aliphatic carbocycles. The predicted octanol–water partition coefficient (Wildman–Crippen LogP) is 0.790. The van der Waals surface area contributed by atoms with Crippen LogP contribution in [0, 0.1) is 0 Å². The van der Waals surface area contributed by atoms with E-state index in [9.17, 15) is 26.3 Å². The Morgan fingerprint density at radius 2 is 1.65 bits per heavy atom. The molecule has 1 atom stereocenters. The molecule has 0 aromatic heterocycles. The molecular weight excluding hydrogens is 258 g/mol. The van der Waals surface area contributed by atoms with E-state index in [1.54, 1.807) is 0 Å². The van der Waals surface area contributed by atoms with Gasteiger partial charge in [0.1, 0.15) is 0 Å². The molecule has 102 valence electrons. The van der Waals surface area contributed by atoms with Crippen molar-refractivity contribution in [2.45, 2.75) is 18.1 Å². The maximum atomic E-state index is 12.3. The molecule has 0 spiro atoms. The van der Waals surface area contributed by atoms with Gasteiger partial charge in [-0.2, -0.15) is 26.3 Å². The first-order valence-corrected chi connectivity index (χ1v) is 4.17. The summed E-state index contributed by atoms with van der Waals surface area (Å²) in [6.45, 7) is -0.948. The molecule has 0 bridgehead atoms. The lowest BCUT2D eigenvalue weighted by atomic mass is 10.1. The molecule has 0 fully saturated rings. The summed E-state index contributed by atoms with van der Waals surface area (Å²) in [7, 11) is 0. The maximum absolute atomic E-state index is 12.3. The Bertz CT molecular complexity index is 287. The number of hydrogen-bond donors (Lipinski definition) is 4. The average Bonchev–Trinajstić information content (AvgIpc) is 2.11. The molecule has 0 amide bonds. The van der Waals surface area contributed by atoms with E-state index < -0.39 is 36.5 Å². The highest BCUT2D eigenvalue weighted by Crippen LogP contribution is 2.33. The largest absolute Gasteiger partial charge is 0.504 e. The molecular formula is C7H10F6N2O2. The molecule has 0 rings (SSSR count). The molecule has 0 aliphatic rings. The van der Waals surface area contributed by atoms with Crippen molar-refractivity contribution in [2.75, 3.05) is 13.1 Å². The van der Waals surface area contributed by atoms with Crippen molar-refractivity contribution in [3.8, 4) is 0 Å². The summed E-state index contributed by atoms with van der Waals surface area (Å²) >= 11 is 0. The van der Waals surface area contributed by atoms with Gasteiger partial charge < -0.3 is 15.9 Å². The number of nitrogens with one attached hydrogen (secondary N) is 1. The molecule has 0 aromatic carbocycles. The number of rotatable bonds is 4. The summed E-state index contributed by atoms with van der Waals surface area (Å²) in [5, 5.41) is 18.7. The van der Waals surface area contributed by atoms with Crippen LogP contribution in [0.5, 0.6) is 0 Å². The van der Waals surface area contributed by atoms with Gasteiger partial charge in [0.15, 0.2) is 5.76 Å². The monoisotopic (exact) mass is 268 g/mol. The highest BCUT2D eigenvalue weighted by molar-refractivity contribution is 5.11. The third kappa shape index (κ3) is 4.40. The highest BCUT2D eigenvalue weighted by atomic mass is 19.4. The van der Waals surface area contributed by atoms with E-state index in [4.69, 9.17) is 15.9 Å². The molecule has 0 aromatic rings. The maximum Gasteiger partial charge on any atom is 0.448 e. The Morgan fingerprint density at radius 3 is 1.94 bits per heavy atom. The van der Waals surface area contributed by atoms with Crippen LogP contribution >= 0.6 is 0 Å². The Balaban J connectivity index is 5.22. The second-order valence-electron chi connectivity index (χ2n) is 3.01. The minimum atomic E-state index is -5.44. The molecule has 0 saturated carbocycles. The number of aliphatic hydroxyl groups excluding tert-OH is 1. The lowest BCUT2D eigenvalue weighted by Gasteiger charge is -2.28. The first kappa shape index (κ1) is 16.0. The Morgan fingerprint density at radius 1 is 1.18 bits per heavy atom. The summed E-state index contributed by atoms with van der Waals surface area (Å²) in [6, 6.07) is 0. The first-order chi connectivity index (χ1) is 7.44. The standard InChI is InChI=1S/C7H10F6N2O2/c8-6(9,10)4(16)3-5(17,7(11,12)13)15-2-1-14/h3,15-17H,1-2,14H2/b4-3-. The van der Waals surface area contributed by atoms with E-state index in [2.05, 4.69) is 0 Å². The average molecular weight is 268 g/mol. The van der Waals surface area contributed by atoms with Crippen LogP contribution in [-0.2, 0) is 0 Å². The second-order valence-corrected chi connectivity index (χ2v) is 3.01. The van der Waals surface area contributed by atoms with Gasteiger partial charge in [-0.15, -0.1) is 0 Å². The zero-order chi connectivity index (χ0) is 13.9. The van der Waals surface area contributed by atoms with Gasteiger partial charge in [0.25, 0.3) is 0 Å². The van der Waals surface area contributed by atoms with Crippen LogP contribution < -0.4 is 11.1 Å². The molecule has 0 heterocycles. The summed E-state index contributed by atoms with van der Waals surface area (Å²) in [4.78, 5) is 0. The van der Waals surface area contributed by atoms with Crippen LogP contribution in [0.3, 0.4) is 0 Å². The Labute approximate surface area is 91.7 Å². The van der Waals surface area contributed by atoms with E-state index in [0.717, 1.165) is 0 Å². The highest BCUT2D eigenvalue weighted by Gasteiger charge is 2.54. The lowest BCUT2D eigenvalue weighted by Crippen LogP contribution is -2.57. The fourth-order valence-electron chi connectivity index (χ4n) is 0.776. The van der Waals surface area contributed by atoms with E-state index in [-0.39, 0.29) is 6.54 Å². The van der Waals surface area contributed by atoms with Crippen LogP contribution in [0.25, 0.3) is 0 Å². The van der Waals surface area contributed by atoms with Gasteiger partial charge >= 0.3 is 12.4 Å². The lowest BCUT2D eigenvalue weighted by molar-refractivity contribution is -0.253. The quantitative estimate of drug-likeness (QED) is 0.345. The molecule has 5 N–H and O–H groups in total. The van der Waals surface area contributed by atoms with Crippen molar-refractivity contribution in [1.82, 2.24) is 5.32 Å². The van der Waals surface area contributed by atoms with Crippen molar-refractivity contribution in [3.05, 3.63) is 11.8 Å². The van der Waals surface area contributed by atoms with Gasteiger partial charge in [-0.25, -0.2) is 0 Å². The number of alkyl halides is 6. The third-order valence-corrected chi connectivity index (χ3v) is 1.61. The van der Waals surface area contributed by atoms with E-state index in [0.29, 0.717) is 0 Å². The van der Waals surface area contributed by atoms with Gasteiger partial charge in [-0.05, 0) is 0 Å². The zero-order valence-electron chi connectivity index (χ0n) is 8.23. The molecule has 0 radical (unpaired) electrons. The second kappa shape index (κ2) is 5.10. The number of nitrogens with two attached hydrogens (primary N) is 1. The van der Waals surface area contributed by atoms with Crippen molar-refractivity contribution in [1.29, 1.82) is 0 Å². The zero-order valence-corrected chi connectivity index (χ0v) is 8.23. The van der Waals surface area contributed by atoms with Crippen molar-refractivity contribution in [3.63, 3.8) is 0 Å². The predicted molar refractivity (Wildman–Crippen MR) is 44.8 cm³/mol. The minimum absolute atomic E-state index is 0.348. The Hall–Kier alpha value is -1.00. The van der Waals surface area contributed by atoms with Crippen LogP contribution in [0.15, 0.2) is 11.8 Å². The number of aliphatic hydroxyl groups is 2. The van der Waals surface area contributed by atoms with Gasteiger partial charge in [-0.3, -0.25) is 5.32 Å². The van der Waals surface area contributed by atoms with E-state index >= 15 is 0 Å².